The van der Waals surface area contributed by atoms with Crippen molar-refractivity contribution in [2.45, 2.75) is 39.7 Å². The second kappa shape index (κ2) is 4.47. The Bertz CT molecular complexity index is 348. The van der Waals surface area contributed by atoms with Gasteiger partial charge in [-0.05, 0) is 26.3 Å². The van der Waals surface area contributed by atoms with Crippen molar-refractivity contribution in [1.82, 2.24) is 0 Å². The second-order valence-electron chi connectivity index (χ2n) is 4.35. The topological polar surface area (TPSA) is 26.3 Å². The van der Waals surface area contributed by atoms with E-state index in [9.17, 15) is 4.79 Å². The lowest BCUT2D eigenvalue weighted by molar-refractivity contribution is -0.139. The molecule has 2 heteroatoms. The van der Waals surface area contributed by atoms with E-state index in [0.717, 1.165) is 28.7 Å². The van der Waals surface area contributed by atoms with Crippen LogP contribution in [0.25, 0.3) is 0 Å². The smallest absolute Gasteiger partial charge is 0.335 e. The van der Waals surface area contributed by atoms with Crippen molar-refractivity contribution < 1.29 is 9.53 Å². The zero-order chi connectivity index (χ0) is 11.6. The molecule has 1 aliphatic heterocycles. The third-order valence-corrected chi connectivity index (χ3v) is 2.47. The maximum Gasteiger partial charge on any atom is 0.335 e. The van der Waals surface area contributed by atoms with E-state index >= 15 is 0 Å². The SMILES string of the molecule is C=C(C)CC1=C(C)C(CC(=C)C)OC1=O. The first-order valence-electron chi connectivity index (χ1n) is 5.11. The van der Waals surface area contributed by atoms with Crippen LogP contribution in [0.3, 0.4) is 0 Å². The first-order chi connectivity index (χ1) is 6.91. The summed E-state index contributed by atoms with van der Waals surface area (Å²) >= 11 is 0. The highest BCUT2D eigenvalue weighted by molar-refractivity contribution is 5.92. The molecule has 0 aromatic rings. The Balaban J connectivity index is 2.83. The van der Waals surface area contributed by atoms with Crippen LogP contribution in [0, 0.1) is 0 Å². The standard InChI is InChI=1S/C13H18O2/c1-8(2)6-11-10(5)12(7-9(3)4)15-13(11)14/h12H,1,3,6-7H2,2,4-5H3. The van der Waals surface area contributed by atoms with E-state index in [1.54, 1.807) is 0 Å². The fraction of sp³-hybridized carbons (Fsp3) is 0.462. The van der Waals surface area contributed by atoms with Gasteiger partial charge >= 0.3 is 5.97 Å². The summed E-state index contributed by atoms with van der Waals surface area (Å²) in [5, 5.41) is 0. The summed E-state index contributed by atoms with van der Waals surface area (Å²) < 4.78 is 5.28. The van der Waals surface area contributed by atoms with Crippen LogP contribution in [0.1, 0.15) is 33.6 Å². The highest BCUT2D eigenvalue weighted by atomic mass is 16.5. The molecule has 1 atom stereocenters. The lowest BCUT2D eigenvalue weighted by Gasteiger charge is -2.10. The van der Waals surface area contributed by atoms with Gasteiger partial charge in [0.15, 0.2) is 0 Å². The molecule has 0 amide bonds. The first kappa shape index (κ1) is 11.8. The van der Waals surface area contributed by atoms with Gasteiger partial charge < -0.3 is 4.74 Å². The van der Waals surface area contributed by atoms with Crippen LogP contribution in [0.2, 0.25) is 0 Å². The zero-order valence-electron chi connectivity index (χ0n) is 9.72. The monoisotopic (exact) mass is 206 g/mol. The molecule has 0 bridgehead atoms. The molecule has 1 heterocycles. The summed E-state index contributed by atoms with van der Waals surface area (Å²) in [6, 6.07) is 0. The number of carbonyl (C=O) groups excluding carboxylic acids is 1. The van der Waals surface area contributed by atoms with E-state index in [-0.39, 0.29) is 12.1 Å². The molecule has 0 radical (unpaired) electrons. The van der Waals surface area contributed by atoms with Gasteiger partial charge in [0.1, 0.15) is 6.10 Å². The molecule has 0 aliphatic carbocycles. The third kappa shape index (κ3) is 2.82. The summed E-state index contributed by atoms with van der Waals surface area (Å²) in [7, 11) is 0. The Morgan fingerprint density at radius 1 is 1.33 bits per heavy atom. The van der Waals surface area contributed by atoms with Crippen LogP contribution in [-0.4, -0.2) is 12.1 Å². The predicted molar refractivity (Wildman–Crippen MR) is 61.4 cm³/mol. The van der Waals surface area contributed by atoms with Crippen LogP contribution >= 0.6 is 0 Å². The van der Waals surface area contributed by atoms with Gasteiger partial charge in [0, 0.05) is 18.4 Å². The molecule has 15 heavy (non-hydrogen) atoms. The number of ether oxygens (including phenoxy) is 1. The van der Waals surface area contributed by atoms with Gasteiger partial charge in [0.2, 0.25) is 0 Å². The van der Waals surface area contributed by atoms with Crippen molar-refractivity contribution in [3.05, 3.63) is 35.5 Å². The Morgan fingerprint density at radius 2 is 1.93 bits per heavy atom. The van der Waals surface area contributed by atoms with Gasteiger partial charge in [-0.1, -0.05) is 24.3 Å². The molecule has 0 saturated carbocycles. The van der Waals surface area contributed by atoms with Crippen LogP contribution in [0.4, 0.5) is 0 Å². The summed E-state index contributed by atoms with van der Waals surface area (Å²) in [6.07, 6.45) is 1.23. The number of allylic oxidation sites excluding steroid dienone is 1. The molecule has 0 N–H and O–H groups in total. The van der Waals surface area contributed by atoms with Crippen molar-refractivity contribution in [3.63, 3.8) is 0 Å². The van der Waals surface area contributed by atoms with Gasteiger partial charge in [-0.3, -0.25) is 0 Å². The fourth-order valence-electron chi connectivity index (χ4n) is 1.67. The molecule has 82 valence electrons. The molecular weight excluding hydrogens is 188 g/mol. The number of esters is 1. The summed E-state index contributed by atoms with van der Waals surface area (Å²) in [5.41, 5.74) is 3.82. The minimum atomic E-state index is -0.193. The zero-order valence-corrected chi connectivity index (χ0v) is 9.72. The van der Waals surface area contributed by atoms with Crippen molar-refractivity contribution in [3.8, 4) is 0 Å². The number of rotatable bonds is 4. The predicted octanol–water partition coefficient (Wildman–Crippen LogP) is 3.16. The van der Waals surface area contributed by atoms with Gasteiger partial charge in [0.25, 0.3) is 0 Å². The van der Waals surface area contributed by atoms with E-state index in [0.29, 0.717) is 6.42 Å². The Morgan fingerprint density at radius 3 is 2.40 bits per heavy atom. The maximum atomic E-state index is 11.6. The van der Waals surface area contributed by atoms with E-state index in [1.807, 2.05) is 20.8 Å². The van der Waals surface area contributed by atoms with Crippen molar-refractivity contribution in [2.75, 3.05) is 0 Å². The van der Waals surface area contributed by atoms with E-state index in [1.165, 1.54) is 0 Å². The van der Waals surface area contributed by atoms with Crippen LogP contribution < -0.4 is 0 Å². The average molecular weight is 206 g/mol. The minimum absolute atomic E-state index is 0.107. The molecule has 0 aromatic heterocycles. The van der Waals surface area contributed by atoms with Crippen molar-refractivity contribution >= 4 is 5.97 Å². The molecule has 2 nitrogen and oxygen atoms in total. The second-order valence-corrected chi connectivity index (χ2v) is 4.35. The van der Waals surface area contributed by atoms with E-state index in [4.69, 9.17) is 4.74 Å². The molecule has 0 spiro atoms. The molecule has 1 unspecified atom stereocenters. The van der Waals surface area contributed by atoms with Crippen LogP contribution in [0.15, 0.2) is 35.5 Å². The summed E-state index contributed by atoms with van der Waals surface area (Å²) in [4.78, 5) is 11.6. The number of carbonyl (C=O) groups is 1. The minimum Gasteiger partial charge on any atom is -0.454 e. The van der Waals surface area contributed by atoms with E-state index in [2.05, 4.69) is 13.2 Å². The molecule has 1 aliphatic rings. The van der Waals surface area contributed by atoms with Gasteiger partial charge in [-0.25, -0.2) is 4.79 Å². The lowest BCUT2D eigenvalue weighted by Crippen LogP contribution is -2.10. The third-order valence-electron chi connectivity index (χ3n) is 2.47. The largest absolute Gasteiger partial charge is 0.454 e. The normalized spacial score (nSPS) is 20.5. The van der Waals surface area contributed by atoms with Crippen LogP contribution in [-0.2, 0) is 9.53 Å². The average Bonchev–Trinajstić information content (AvgIpc) is 2.31. The summed E-state index contributed by atoms with van der Waals surface area (Å²) in [6.45, 7) is 13.5. The molecule has 0 fully saturated rings. The van der Waals surface area contributed by atoms with Crippen LogP contribution in [0.5, 0.6) is 0 Å². The summed E-state index contributed by atoms with van der Waals surface area (Å²) in [5.74, 6) is -0.193. The maximum absolute atomic E-state index is 11.6. The highest BCUT2D eigenvalue weighted by Crippen LogP contribution is 2.29. The number of cyclic esters (lactones) is 1. The highest BCUT2D eigenvalue weighted by Gasteiger charge is 2.30. The Labute approximate surface area is 91.3 Å². The molecule has 0 saturated heterocycles. The first-order valence-corrected chi connectivity index (χ1v) is 5.11. The molecule has 0 aromatic carbocycles. The Kier molecular flexibility index (Phi) is 3.51. The fourth-order valence-corrected chi connectivity index (χ4v) is 1.67. The Hall–Kier alpha value is -1.31. The lowest BCUT2D eigenvalue weighted by atomic mass is 9.98. The molecule has 1 rings (SSSR count). The number of hydrogen-bond acceptors (Lipinski definition) is 2. The van der Waals surface area contributed by atoms with Gasteiger partial charge in [-0.2, -0.15) is 0 Å². The van der Waals surface area contributed by atoms with Crippen molar-refractivity contribution in [1.29, 1.82) is 0 Å². The van der Waals surface area contributed by atoms with E-state index < -0.39 is 0 Å². The molecular formula is C13H18O2. The van der Waals surface area contributed by atoms with Gasteiger partial charge in [-0.15, -0.1) is 0 Å². The quantitative estimate of drug-likeness (QED) is 0.521. The number of hydrogen-bond donors (Lipinski definition) is 0. The van der Waals surface area contributed by atoms with Gasteiger partial charge in [0.05, 0.1) is 0 Å². The van der Waals surface area contributed by atoms with Crippen molar-refractivity contribution in [2.24, 2.45) is 0 Å².